The molecule has 1 aromatic carbocycles. The third-order valence-electron chi connectivity index (χ3n) is 4.82. The monoisotopic (exact) mass is 370 g/mol. The van der Waals surface area contributed by atoms with E-state index in [4.69, 9.17) is 0 Å². The number of nitrogens with zero attached hydrogens (tertiary/aromatic N) is 4. The molecule has 0 spiro atoms. The molecule has 144 valence electrons. The highest BCUT2D eigenvalue weighted by Gasteiger charge is 2.20. The highest BCUT2D eigenvalue weighted by molar-refractivity contribution is 5.78. The van der Waals surface area contributed by atoms with E-state index in [0.717, 1.165) is 50.4 Å². The Labute approximate surface area is 160 Å². The zero-order chi connectivity index (χ0) is 19.1. The van der Waals surface area contributed by atoms with Crippen LogP contribution in [0.25, 0.3) is 0 Å². The van der Waals surface area contributed by atoms with Crippen LogP contribution in [-0.2, 0) is 17.9 Å². The van der Waals surface area contributed by atoms with Crippen LogP contribution in [0.1, 0.15) is 17.7 Å². The first kappa shape index (κ1) is 19.5. The van der Waals surface area contributed by atoms with Crippen LogP contribution in [0.15, 0.2) is 48.7 Å². The van der Waals surface area contributed by atoms with Crippen molar-refractivity contribution < 1.29 is 9.18 Å². The fourth-order valence-electron chi connectivity index (χ4n) is 3.38. The van der Waals surface area contributed by atoms with E-state index in [2.05, 4.69) is 9.88 Å². The van der Waals surface area contributed by atoms with Crippen LogP contribution >= 0.6 is 0 Å². The second-order valence-electron chi connectivity index (χ2n) is 7.13. The summed E-state index contributed by atoms with van der Waals surface area (Å²) in [6, 6.07) is 12.5. The molecule has 2 aromatic rings. The van der Waals surface area contributed by atoms with Crippen LogP contribution in [0, 0.1) is 5.82 Å². The van der Waals surface area contributed by atoms with E-state index in [0.29, 0.717) is 13.1 Å². The molecule has 0 unspecified atom stereocenters. The van der Waals surface area contributed by atoms with Crippen molar-refractivity contribution in [3.8, 4) is 0 Å². The van der Waals surface area contributed by atoms with Gasteiger partial charge >= 0.3 is 0 Å². The Morgan fingerprint density at radius 2 is 1.93 bits per heavy atom. The molecule has 0 bridgehead atoms. The van der Waals surface area contributed by atoms with Gasteiger partial charge in [0.05, 0.1) is 12.2 Å². The van der Waals surface area contributed by atoms with Gasteiger partial charge in [-0.25, -0.2) is 4.39 Å². The zero-order valence-electron chi connectivity index (χ0n) is 15.9. The molecule has 1 aromatic heterocycles. The van der Waals surface area contributed by atoms with Gasteiger partial charge in [-0.3, -0.25) is 19.6 Å². The maximum Gasteiger partial charge on any atom is 0.236 e. The number of hydrogen-bond donors (Lipinski definition) is 0. The molecule has 1 amide bonds. The maximum absolute atomic E-state index is 13.0. The van der Waals surface area contributed by atoms with Crippen molar-refractivity contribution in [2.45, 2.75) is 19.5 Å². The first-order valence-corrected chi connectivity index (χ1v) is 9.43. The molecule has 1 saturated heterocycles. The second kappa shape index (κ2) is 9.58. The average Bonchev–Trinajstić information content (AvgIpc) is 2.90. The minimum absolute atomic E-state index is 0.164. The smallest absolute Gasteiger partial charge is 0.236 e. The largest absolute Gasteiger partial charge is 0.340 e. The van der Waals surface area contributed by atoms with E-state index in [1.807, 2.05) is 47.2 Å². The fourth-order valence-corrected chi connectivity index (χ4v) is 3.38. The number of rotatable bonds is 6. The molecule has 0 atom stereocenters. The van der Waals surface area contributed by atoms with Gasteiger partial charge in [-0.2, -0.15) is 0 Å². The quantitative estimate of drug-likeness (QED) is 0.783. The molecular weight excluding hydrogens is 343 g/mol. The number of amides is 1. The summed E-state index contributed by atoms with van der Waals surface area (Å²) in [7, 11) is 1.95. The summed E-state index contributed by atoms with van der Waals surface area (Å²) in [6.07, 6.45) is 2.73. The summed E-state index contributed by atoms with van der Waals surface area (Å²) in [6.45, 7) is 5.17. The minimum atomic E-state index is -0.207. The van der Waals surface area contributed by atoms with Crippen LogP contribution in [0.3, 0.4) is 0 Å². The molecule has 6 heteroatoms. The summed E-state index contributed by atoms with van der Waals surface area (Å²) >= 11 is 0. The van der Waals surface area contributed by atoms with Crippen LogP contribution in [0.4, 0.5) is 4.39 Å². The van der Waals surface area contributed by atoms with Crippen LogP contribution in [-0.4, -0.2) is 65.4 Å². The lowest BCUT2D eigenvalue weighted by molar-refractivity contribution is -0.132. The first-order chi connectivity index (χ1) is 13.1. The highest BCUT2D eigenvalue weighted by Crippen LogP contribution is 2.11. The maximum atomic E-state index is 13.0. The van der Waals surface area contributed by atoms with Crippen molar-refractivity contribution in [2.24, 2.45) is 0 Å². The molecule has 0 aliphatic carbocycles. The lowest BCUT2D eigenvalue weighted by Gasteiger charge is -2.24. The van der Waals surface area contributed by atoms with Crippen molar-refractivity contribution in [3.05, 3.63) is 65.7 Å². The summed E-state index contributed by atoms with van der Waals surface area (Å²) in [4.78, 5) is 23.3. The van der Waals surface area contributed by atoms with Crippen molar-refractivity contribution >= 4 is 5.91 Å². The van der Waals surface area contributed by atoms with E-state index >= 15 is 0 Å². The SMILES string of the molecule is CN(CC(=O)N1CCCN(Cc2ccc(F)cc2)CC1)Cc1ccccn1. The lowest BCUT2D eigenvalue weighted by Crippen LogP contribution is -2.40. The molecule has 5 nitrogen and oxygen atoms in total. The number of likely N-dealkylation sites (N-methyl/N-ethyl adjacent to an activating group) is 1. The van der Waals surface area contributed by atoms with Crippen LogP contribution in [0.2, 0.25) is 0 Å². The number of pyridine rings is 1. The zero-order valence-corrected chi connectivity index (χ0v) is 15.9. The van der Waals surface area contributed by atoms with E-state index in [1.54, 1.807) is 6.20 Å². The lowest BCUT2D eigenvalue weighted by atomic mass is 10.2. The number of carbonyl (C=O) groups is 1. The average molecular weight is 370 g/mol. The molecular formula is C21H27FN4O. The molecule has 2 heterocycles. The third-order valence-corrected chi connectivity index (χ3v) is 4.82. The minimum Gasteiger partial charge on any atom is -0.340 e. The number of halogens is 1. The van der Waals surface area contributed by atoms with Gasteiger partial charge in [-0.1, -0.05) is 18.2 Å². The third kappa shape index (κ3) is 6.12. The summed E-state index contributed by atoms with van der Waals surface area (Å²) in [5, 5.41) is 0. The van der Waals surface area contributed by atoms with Crippen molar-refractivity contribution in [1.82, 2.24) is 19.7 Å². The standard InChI is InChI=1S/C21H27FN4O/c1-24(16-20-5-2-3-10-23-20)17-21(27)26-12-4-11-25(13-14-26)15-18-6-8-19(22)9-7-18/h2-3,5-10H,4,11-17H2,1H3. The predicted molar refractivity (Wildman–Crippen MR) is 103 cm³/mol. The van der Waals surface area contributed by atoms with Gasteiger partial charge in [-0.05, 0) is 43.3 Å². The normalized spacial score (nSPS) is 15.7. The van der Waals surface area contributed by atoms with Crippen LogP contribution < -0.4 is 0 Å². The molecule has 1 aliphatic rings. The van der Waals surface area contributed by atoms with E-state index in [-0.39, 0.29) is 11.7 Å². The number of carbonyl (C=O) groups excluding carboxylic acids is 1. The Morgan fingerprint density at radius 1 is 1.11 bits per heavy atom. The Balaban J connectivity index is 1.46. The number of aromatic nitrogens is 1. The topological polar surface area (TPSA) is 39.7 Å². The Morgan fingerprint density at radius 3 is 2.67 bits per heavy atom. The molecule has 27 heavy (non-hydrogen) atoms. The van der Waals surface area contributed by atoms with Crippen molar-refractivity contribution in [2.75, 3.05) is 39.8 Å². The Kier molecular flexibility index (Phi) is 6.90. The fraction of sp³-hybridized carbons (Fsp3) is 0.429. The van der Waals surface area contributed by atoms with Crippen LogP contribution in [0.5, 0.6) is 0 Å². The van der Waals surface area contributed by atoms with Gasteiger partial charge in [0.2, 0.25) is 5.91 Å². The van der Waals surface area contributed by atoms with Gasteiger partial charge in [0.1, 0.15) is 5.82 Å². The highest BCUT2D eigenvalue weighted by atomic mass is 19.1. The van der Waals surface area contributed by atoms with Gasteiger partial charge in [0, 0.05) is 45.5 Å². The summed E-state index contributed by atoms with van der Waals surface area (Å²) < 4.78 is 13.0. The van der Waals surface area contributed by atoms with E-state index < -0.39 is 0 Å². The molecule has 1 aliphatic heterocycles. The molecule has 0 radical (unpaired) electrons. The van der Waals surface area contributed by atoms with Crippen molar-refractivity contribution in [1.29, 1.82) is 0 Å². The van der Waals surface area contributed by atoms with Gasteiger partial charge in [0.15, 0.2) is 0 Å². The molecule has 3 rings (SSSR count). The first-order valence-electron chi connectivity index (χ1n) is 9.43. The van der Waals surface area contributed by atoms with Gasteiger partial charge in [-0.15, -0.1) is 0 Å². The number of hydrogen-bond acceptors (Lipinski definition) is 4. The van der Waals surface area contributed by atoms with Gasteiger partial charge in [0.25, 0.3) is 0 Å². The predicted octanol–water partition coefficient (Wildman–Crippen LogP) is 2.39. The molecule has 0 saturated carbocycles. The second-order valence-corrected chi connectivity index (χ2v) is 7.13. The van der Waals surface area contributed by atoms with E-state index in [1.165, 1.54) is 12.1 Å². The summed E-state index contributed by atoms with van der Waals surface area (Å²) in [5.74, 6) is -0.0433. The summed E-state index contributed by atoms with van der Waals surface area (Å²) in [5.41, 5.74) is 2.07. The molecule has 0 N–H and O–H groups in total. The Hall–Kier alpha value is -2.31. The molecule has 1 fully saturated rings. The number of benzene rings is 1. The van der Waals surface area contributed by atoms with Crippen molar-refractivity contribution in [3.63, 3.8) is 0 Å². The van der Waals surface area contributed by atoms with E-state index in [9.17, 15) is 9.18 Å². The Bertz CT molecular complexity index is 723. The van der Waals surface area contributed by atoms with Gasteiger partial charge < -0.3 is 4.90 Å².